The molecular weight excluding hydrogens is 393 g/mol. The summed E-state index contributed by atoms with van der Waals surface area (Å²) in [6.45, 7) is 5.20. The number of rotatable bonds is 6. The molecule has 1 N–H and O–H groups in total. The van der Waals surface area contributed by atoms with Crippen LogP contribution in [0.5, 0.6) is 5.75 Å². The average molecular weight is 422 g/mol. The molecule has 2 atom stereocenters. The minimum Gasteiger partial charge on any atom is -0.494 e. The smallest absolute Gasteiger partial charge is 0.410 e. The molecule has 2 aliphatic rings. The quantitative estimate of drug-likeness (QED) is 0.688. The summed E-state index contributed by atoms with van der Waals surface area (Å²) in [7, 11) is 0. The summed E-state index contributed by atoms with van der Waals surface area (Å²) < 4.78 is 47.7. The van der Waals surface area contributed by atoms with Crippen LogP contribution in [0.2, 0.25) is 0 Å². The van der Waals surface area contributed by atoms with E-state index in [4.69, 9.17) is 4.74 Å². The normalized spacial score (nSPS) is 23.1. The number of benzene rings is 1. The number of aryl methyl sites for hydroxylation is 1. The molecule has 0 unspecified atom stereocenters. The van der Waals surface area contributed by atoms with Gasteiger partial charge >= 0.3 is 6.18 Å². The van der Waals surface area contributed by atoms with Gasteiger partial charge in [-0.2, -0.15) is 18.3 Å². The molecule has 0 aliphatic carbocycles. The second kappa shape index (κ2) is 8.88. The van der Waals surface area contributed by atoms with Crippen molar-refractivity contribution in [3.05, 3.63) is 42.1 Å². The Morgan fingerprint density at radius 1 is 1.17 bits per heavy atom. The monoisotopic (exact) mass is 422 g/mol. The minimum absolute atomic E-state index is 0.0488. The summed E-state index contributed by atoms with van der Waals surface area (Å²) in [4.78, 5) is 2.39. The fourth-order valence-corrected chi connectivity index (χ4v) is 4.61. The number of ether oxygens (including phenoxy) is 1. The molecule has 0 saturated carbocycles. The molecule has 5 nitrogen and oxygen atoms in total. The summed E-state index contributed by atoms with van der Waals surface area (Å²) in [6.07, 6.45) is -1.47. The molecule has 0 radical (unpaired) electrons. The van der Waals surface area contributed by atoms with Crippen molar-refractivity contribution in [2.24, 2.45) is 5.92 Å². The zero-order valence-corrected chi connectivity index (χ0v) is 17.2. The highest BCUT2D eigenvalue weighted by molar-refractivity contribution is 5.41. The number of alkyl halides is 3. The van der Waals surface area contributed by atoms with E-state index in [1.54, 1.807) is 13.0 Å². The second-order valence-corrected chi connectivity index (χ2v) is 8.35. The Kier molecular flexibility index (Phi) is 6.22. The highest BCUT2D eigenvalue weighted by atomic mass is 19.4. The maximum Gasteiger partial charge on any atom is 0.410 e. The first-order chi connectivity index (χ1) is 14.4. The van der Waals surface area contributed by atoms with Gasteiger partial charge in [-0.15, -0.1) is 0 Å². The van der Waals surface area contributed by atoms with E-state index < -0.39 is 12.2 Å². The summed E-state index contributed by atoms with van der Waals surface area (Å²) >= 11 is 0. The molecular formula is C22H29F3N4O. The topological polar surface area (TPSA) is 42.3 Å². The lowest BCUT2D eigenvalue weighted by Gasteiger charge is -2.41. The Labute approximate surface area is 175 Å². The van der Waals surface area contributed by atoms with Gasteiger partial charge in [0.2, 0.25) is 0 Å². The minimum atomic E-state index is -4.28. The molecule has 0 bridgehead atoms. The summed E-state index contributed by atoms with van der Waals surface area (Å²) in [5.74, 6) is 1.62. The summed E-state index contributed by atoms with van der Waals surface area (Å²) in [5, 5.41) is 7.41. The van der Waals surface area contributed by atoms with Crippen LogP contribution in [0.25, 0.3) is 0 Å². The third-order valence-corrected chi connectivity index (χ3v) is 6.17. The van der Waals surface area contributed by atoms with Gasteiger partial charge in [0.25, 0.3) is 0 Å². The van der Waals surface area contributed by atoms with Crippen molar-refractivity contribution < 1.29 is 17.9 Å². The maximum atomic E-state index is 13.6. The summed E-state index contributed by atoms with van der Waals surface area (Å²) in [6, 6.07) is 9.78. The van der Waals surface area contributed by atoms with E-state index in [0.717, 1.165) is 49.3 Å². The van der Waals surface area contributed by atoms with Gasteiger partial charge in [-0.3, -0.25) is 0 Å². The van der Waals surface area contributed by atoms with Gasteiger partial charge in [0.1, 0.15) is 11.6 Å². The lowest BCUT2D eigenvalue weighted by atomic mass is 9.84. The maximum absolute atomic E-state index is 13.6. The van der Waals surface area contributed by atoms with E-state index in [9.17, 15) is 13.2 Å². The van der Waals surface area contributed by atoms with Crippen LogP contribution in [0.15, 0.2) is 36.4 Å². The number of nitrogens with one attached hydrogen (secondary N) is 1. The number of hydrogen-bond donors (Lipinski definition) is 1. The lowest BCUT2D eigenvalue weighted by Crippen LogP contribution is -2.46. The predicted octanol–water partition coefficient (Wildman–Crippen LogP) is 4.66. The van der Waals surface area contributed by atoms with Crippen molar-refractivity contribution in [1.29, 1.82) is 0 Å². The number of nitrogens with zero attached hydrogens (tertiary/aromatic N) is 3. The Balaban J connectivity index is 1.26. The zero-order valence-electron chi connectivity index (χ0n) is 17.2. The predicted molar refractivity (Wildman–Crippen MR) is 110 cm³/mol. The third kappa shape index (κ3) is 4.91. The van der Waals surface area contributed by atoms with Gasteiger partial charge in [0.05, 0.1) is 12.3 Å². The molecule has 8 heteroatoms. The van der Waals surface area contributed by atoms with Gasteiger partial charge in [0, 0.05) is 18.7 Å². The zero-order chi connectivity index (χ0) is 21.1. The van der Waals surface area contributed by atoms with Crippen molar-refractivity contribution in [3.8, 4) is 5.75 Å². The molecule has 1 saturated heterocycles. The van der Waals surface area contributed by atoms with Crippen LogP contribution in [0.1, 0.15) is 37.4 Å². The number of piperidine rings is 1. The van der Waals surface area contributed by atoms with Crippen LogP contribution in [-0.2, 0) is 0 Å². The number of para-hydroxylation sites is 1. The van der Waals surface area contributed by atoms with Crippen molar-refractivity contribution in [3.63, 3.8) is 0 Å². The average Bonchev–Trinajstić information content (AvgIpc) is 3.11. The number of likely N-dealkylation sites (tertiary alicyclic amines) is 1. The number of halogens is 3. The molecule has 1 aromatic heterocycles. The molecule has 3 heterocycles. The molecule has 164 valence electrons. The first-order valence-electron chi connectivity index (χ1n) is 10.7. The van der Waals surface area contributed by atoms with E-state index in [-0.39, 0.29) is 18.4 Å². The van der Waals surface area contributed by atoms with Gasteiger partial charge in [-0.25, -0.2) is 4.68 Å². The number of hydrogen-bond acceptors (Lipinski definition) is 4. The summed E-state index contributed by atoms with van der Waals surface area (Å²) in [5.41, 5.74) is 0.611. The Morgan fingerprint density at radius 3 is 2.60 bits per heavy atom. The van der Waals surface area contributed by atoms with Crippen molar-refractivity contribution >= 4 is 5.82 Å². The molecule has 30 heavy (non-hydrogen) atoms. The van der Waals surface area contributed by atoms with E-state index in [0.29, 0.717) is 18.1 Å². The van der Waals surface area contributed by atoms with Crippen LogP contribution >= 0.6 is 0 Å². The van der Waals surface area contributed by atoms with E-state index in [2.05, 4.69) is 15.3 Å². The highest BCUT2D eigenvalue weighted by Crippen LogP contribution is 2.42. The number of aromatic nitrogens is 2. The SMILES string of the molecule is Cc1cc2n(n1)[C@@H](C(F)(F)F)C[C@@H](C1CCN(CCCOc3ccccc3)CC1)N2. The largest absolute Gasteiger partial charge is 0.494 e. The van der Waals surface area contributed by atoms with Crippen LogP contribution in [0.3, 0.4) is 0 Å². The first-order valence-corrected chi connectivity index (χ1v) is 10.7. The Hall–Kier alpha value is -2.22. The molecule has 2 aliphatic heterocycles. The molecule has 1 aromatic carbocycles. The fraction of sp³-hybridized carbons (Fsp3) is 0.591. The standard InChI is InChI=1S/C22H29F3N4O/c1-16-14-21-26-19(15-20(22(23,24)25)29(21)27-16)17-8-11-28(12-9-17)10-5-13-30-18-6-3-2-4-7-18/h2-4,6-7,14,17,19-20,26H,5,8-13,15H2,1H3/t19-,20+/m0/s1. The van der Waals surface area contributed by atoms with Crippen LogP contribution in [0, 0.1) is 12.8 Å². The van der Waals surface area contributed by atoms with Crippen LogP contribution in [-0.4, -0.2) is 53.1 Å². The second-order valence-electron chi connectivity index (χ2n) is 8.35. The van der Waals surface area contributed by atoms with Gasteiger partial charge in [0.15, 0.2) is 6.04 Å². The third-order valence-electron chi connectivity index (χ3n) is 6.17. The van der Waals surface area contributed by atoms with Crippen molar-refractivity contribution in [1.82, 2.24) is 14.7 Å². The van der Waals surface area contributed by atoms with Gasteiger partial charge < -0.3 is 15.0 Å². The van der Waals surface area contributed by atoms with Gasteiger partial charge in [-0.05, 0) is 63.7 Å². The number of anilines is 1. The molecule has 4 rings (SSSR count). The number of fused-ring (bicyclic) bond motifs is 1. The van der Waals surface area contributed by atoms with E-state index in [1.807, 2.05) is 30.3 Å². The highest BCUT2D eigenvalue weighted by Gasteiger charge is 2.47. The molecule has 1 fully saturated rings. The van der Waals surface area contributed by atoms with E-state index >= 15 is 0 Å². The molecule has 0 spiro atoms. The van der Waals surface area contributed by atoms with Crippen LogP contribution < -0.4 is 10.1 Å². The van der Waals surface area contributed by atoms with E-state index in [1.165, 1.54) is 0 Å². The lowest BCUT2D eigenvalue weighted by molar-refractivity contribution is -0.174. The Bertz CT molecular complexity index is 816. The Morgan fingerprint density at radius 2 is 1.90 bits per heavy atom. The molecule has 2 aromatic rings. The van der Waals surface area contributed by atoms with Crippen LogP contribution in [0.4, 0.5) is 19.0 Å². The van der Waals surface area contributed by atoms with Gasteiger partial charge in [-0.1, -0.05) is 18.2 Å². The van der Waals surface area contributed by atoms with Crippen molar-refractivity contribution in [2.75, 3.05) is 31.6 Å². The fourth-order valence-electron chi connectivity index (χ4n) is 4.61. The van der Waals surface area contributed by atoms with Crippen molar-refractivity contribution in [2.45, 2.75) is 50.9 Å². The molecule has 0 amide bonds. The first kappa shape index (κ1) is 21.0.